The fraction of sp³-hybridized carbons (Fsp3) is 0.160. The maximum atomic E-state index is 13.4. The highest BCUT2D eigenvalue weighted by Gasteiger charge is 2.44. The summed E-state index contributed by atoms with van der Waals surface area (Å²) in [5, 5.41) is 11.5. The number of carbonyl (C=O) groups is 3. The van der Waals surface area contributed by atoms with Gasteiger partial charge in [0.25, 0.3) is 17.5 Å². The van der Waals surface area contributed by atoms with E-state index in [4.69, 9.17) is 11.6 Å². The number of hydrogen-bond acceptors (Lipinski definition) is 5. The Kier molecular flexibility index (Phi) is 6.70. The molecule has 1 fully saturated rings. The van der Waals surface area contributed by atoms with Gasteiger partial charge in [-0.05, 0) is 48.4 Å². The van der Waals surface area contributed by atoms with E-state index in [0.717, 1.165) is 10.5 Å². The van der Waals surface area contributed by atoms with Gasteiger partial charge in [0.15, 0.2) is 0 Å². The Morgan fingerprint density at radius 3 is 2.38 bits per heavy atom. The maximum Gasteiger partial charge on any atom is 0.269 e. The zero-order valence-electron chi connectivity index (χ0n) is 18.0. The van der Waals surface area contributed by atoms with E-state index in [1.807, 2.05) is 6.07 Å². The summed E-state index contributed by atoms with van der Waals surface area (Å²) in [5.74, 6) is -1.37. The normalized spacial score (nSPS) is 15.4. The van der Waals surface area contributed by atoms with Crippen molar-refractivity contribution in [3.05, 3.63) is 105 Å². The van der Waals surface area contributed by atoms with Crippen molar-refractivity contribution in [3.63, 3.8) is 0 Å². The topological polar surface area (TPSA) is 101 Å². The number of halogens is 1. The van der Waals surface area contributed by atoms with Gasteiger partial charge in [0, 0.05) is 29.3 Å². The van der Waals surface area contributed by atoms with Crippen molar-refractivity contribution in [2.24, 2.45) is 0 Å². The van der Waals surface area contributed by atoms with Crippen LogP contribution in [0, 0.1) is 10.1 Å². The Bertz CT molecular complexity index is 1250. The second kappa shape index (κ2) is 9.84. The summed E-state index contributed by atoms with van der Waals surface area (Å²) < 4.78 is 0. The highest BCUT2D eigenvalue weighted by atomic mass is 35.5. The first-order valence-corrected chi connectivity index (χ1v) is 10.9. The first-order valence-electron chi connectivity index (χ1n) is 10.6. The second-order valence-corrected chi connectivity index (χ2v) is 8.24. The van der Waals surface area contributed by atoms with E-state index in [0.29, 0.717) is 17.1 Å². The highest BCUT2D eigenvalue weighted by Crippen LogP contribution is 2.27. The van der Waals surface area contributed by atoms with E-state index in [2.05, 4.69) is 0 Å². The zero-order chi connectivity index (χ0) is 24.2. The zero-order valence-corrected chi connectivity index (χ0v) is 18.7. The van der Waals surface area contributed by atoms with E-state index >= 15 is 0 Å². The number of nitrogens with zero attached hydrogens (tertiary/aromatic N) is 3. The Morgan fingerprint density at radius 2 is 1.74 bits per heavy atom. The summed E-state index contributed by atoms with van der Waals surface area (Å²) in [7, 11) is 0. The van der Waals surface area contributed by atoms with Gasteiger partial charge in [0.1, 0.15) is 6.04 Å². The maximum absolute atomic E-state index is 13.4. The van der Waals surface area contributed by atoms with Crippen LogP contribution in [0.4, 0.5) is 11.4 Å². The van der Waals surface area contributed by atoms with Gasteiger partial charge in [0.05, 0.1) is 17.0 Å². The van der Waals surface area contributed by atoms with Gasteiger partial charge in [-0.25, -0.2) is 4.90 Å². The standard InChI is InChI=1S/C25H20ClN3O5/c26-19-6-4-5-17(15-19)13-14-27(24(31)18-9-11-21(12-10-18)29(33)34)22-16-23(30)28(25(22)32)20-7-2-1-3-8-20/h1-12,15,22H,13-14,16H2. The fourth-order valence-corrected chi connectivity index (χ4v) is 4.15. The van der Waals surface area contributed by atoms with Crippen LogP contribution in [0.5, 0.6) is 0 Å². The Hall–Kier alpha value is -4.04. The van der Waals surface area contributed by atoms with Crippen LogP contribution in [0.15, 0.2) is 78.9 Å². The van der Waals surface area contributed by atoms with Crippen LogP contribution in [-0.4, -0.2) is 40.1 Å². The Labute approximate surface area is 200 Å². The predicted octanol–water partition coefficient (Wildman–Crippen LogP) is 4.27. The van der Waals surface area contributed by atoms with Crippen molar-refractivity contribution in [1.82, 2.24) is 4.90 Å². The SMILES string of the molecule is O=C1CC(N(CCc2cccc(Cl)c2)C(=O)c2ccc([N+](=O)[O-])cc2)C(=O)N1c1ccccc1. The average Bonchev–Trinajstić information content (AvgIpc) is 3.13. The molecular formula is C25H20ClN3O5. The molecule has 3 aromatic carbocycles. The number of non-ortho nitro benzene ring substituents is 1. The number of rotatable bonds is 7. The summed E-state index contributed by atoms with van der Waals surface area (Å²) in [4.78, 5) is 52.4. The lowest BCUT2D eigenvalue weighted by Crippen LogP contribution is -2.46. The van der Waals surface area contributed by atoms with Crippen molar-refractivity contribution in [2.75, 3.05) is 11.4 Å². The van der Waals surface area contributed by atoms with E-state index < -0.39 is 28.7 Å². The Balaban J connectivity index is 1.64. The summed E-state index contributed by atoms with van der Waals surface area (Å²) in [6.07, 6.45) is 0.255. The van der Waals surface area contributed by atoms with E-state index in [1.165, 1.54) is 29.2 Å². The molecule has 3 amide bonds. The van der Waals surface area contributed by atoms with Gasteiger partial charge in [-0.1, -0.05) is 41.9 Å². The quantitative estimate of drug-likeness (QED) is 0.287. The van der Waals surface area contributed by atoms with Gasteiger partial charge >= 0.3 is 0 Å². The number of anilines is 1. The van der Waals surface area contributed by atoms with Crippen LogP contribution < -0.4 is 4.90 Å². The smallest absolute Gasteiger partial charge is 0.269 e. The van der Waals surface area contributed by atoms with Crippen molar-refractivity contribution in [2.45, 2.75) is 18.9 Å². The third-order valence-corrected chi connectivity index (χ3v) is 5.86. The number of para-hydroxylation sites is 1. The number of nitro groups is 1. The third-order valence-electron chi connectivity index (χ3n) is 5.63. The molecule has 8 nitrogen and oxygen atoms in total. The highest BCUT2D eigenvalue weighted by molar-refractivity contribution is 6.30. The lowest BCUT2D eigenvalue weighted by molar-refractivity contribution is -0.384. The number of benzene rings is 3. The molecule has 0 radical (unpaired) electrons. The summed E-state index contributed by atoms with van der Waals surface area (Å²) in [5.41, 5.74) is 1.35. The van der Waals surface area contributed by atoms with Crippen LogP contribution >= 0.6 is 11.6 Å². The first-order chi connectivity index (χ1) is 16.3. The van der Waals surface area contributed by atoms with Crippen LogP contribution in [-0.2, 0) is 16.0 Å². The van der Waals surface area contributed by atoms with Crippen molar-refractivity contribution in [3.8, 4) is 0 Å². The minimum atomic E-state index is -0.991. The number of carbonyl (C=O) groups excluding carboxylic acids is 3. The minimum Gasteiger partial charge on any atom is -0.326 e. The fourth-order valence-electron chi connectivity index (χ4n) is 3.94. The molecule has 0 aromatic heterocycles. The van der Waals surface area contributed by atoms with E-state index in [-0.39, 0.29) is 24.2 Å². The number of amides is 3. The first kappa shape index (κ1) is 23.1. The van der Waals surface area contributed by atoms with Gasteiger partial charge in [-0.2, -0.15) is 0 Å². The molecule has 0 bridgehead atoms. The molecule has 1 atom stereocenters. The third kappa shape index (κ3) is 4.82. The largest absolute Gasteiger partial charge is 0.326 e. The molecule has 3 aromatic rings. The predicted molar refractivity (Wildman–Crippen MR) is 127 cm³/mol. The van der Waals surface area contributed by atoms with Crippen LogP contribution in [0.1, 0.15) is 22.3 Å². The molecule has 1 unspecified atom stereocenters. The van der Waals surface area contributed by atoms with Gasteiger partial charge in [-0.15, -0.1) is 0 Å². The molecule has 1 saturated heterocycles. The summed E-state index contributed by atoms with van der Waals surface area (Å²) in [6.45, 7) is 0.155. The molecule has 172 valence electrons. The molecule has 1 aliphatic rings. The van der Waals surface area contributed by atoms with Crippen LogP contribution in [0.3, 0.4) is 0 Å². The molecule has 0 aliphatic carbocycles. The molecule has 1 heterocycles. The lowest BCUT2D eigenvalue weighted by Gasteiger charge is -2.28. The minimum absolute atomic E-state index is 0.149. The Morgan fingerprint density at radius 1 is 1.03 bits per heavy atom. The average molecular weight is 478 g/mol. The van der Waals surface area contributed by atoms with Gasteiger partial charge < -0.3 is 4.90 Å². The summed E-state index contributed by atoms with van der Waals surface area (Å²) in [6, 6.07) is 19.9. The molecule has 1 aliphatic heterocycles. The molecular weight excluding hydrogens is 458 g/mol. The van der Waals surface area contributed by atoms with Crippen molar-refractivity contribution < 1.29 is 19.3 Å². The van der Waals surface area contributed by atoms with Gasteiger partial charge in [0.2, 0.25) is 5.91 Å². The van der Waals surface area contributed by atoms with Crippen LogP contribution in [0.25, 0.3) is 0 Å². The number of nitro benzene ring substituents is 1. The van der Waals surface area contributed by atoms with Gasteiger partial charge in [-0.3, -0.25) is 24.5 Å². The molecule has 34 heavy (non-hydrogen) atoms. The van der Waals surface area contributed by atoms with Crippen LogP contribution in [0.2, 0.25) is 5.02 Å². The van der Waals surface area contributed by atoms with Crippen molar-refractivity contribution in [1.29, 1.82) is 0 Å². The molecule has 9 heteroatoms. The van der Waals surface area contributed by atoms with E-state index in [1.54, 1.807) is 48.5 Å². The second-order valence-electron chi connectivity index (χ2n) is 7.81. The molecule has 0 saturated carbocycles. The monoisotopic (exact) mass is 477 g/mol. The molecule has 4 rings (SSSR count). The van der Waals surface area contributed by atoms with E-state index in [9.17, 15) is 24.5 Å². The number of hydrogen-bond donors (Lipinski definition) is 0. The molecule has 0 spiro atoms. The lowest BCUT2D eigenvalue weighted by atomic mass is 10.1. The number of imide groups is 1. The molecule has 0 N–H and O–H groups in total. The van der Waals surface area contributed by atoms with Crippen molar-refractivity contribution >= 4 is 40.7 Å². The summed E-state index contributed by atoms with van der Waals surface area (Å²) >= 11 is 6.07.